The van der Waals surface area contributed by atoms with Crippen molar-refractivity contribution in [3.63, 3.8) is 0 Å². The Morgan fingerprint density at radius 2 is 2.11 bits per heavy atom. The van der Waals surface area contributed by atoms with E-state index >= 15 is 0 Å². The largest absolute Gasteiger partial charge is 0.454 e. The first-order valence-corrected chi connectivity index (χ1v) is 6.51. The zero-order valence-electron chi connectivity index (χ0n) is 10.6. The molecule has 0 atom stereocenters. The first kappa shape index (κ1) is 12.3. The number of rotatable bonds is 5. The Morgan fingerprint density at radius 3 is 2.84 bits per heavy atom. The number of hydrogen-bond acceptors (Lipinski definition) is 4. The highest BCUT2D eigenvalue weighted by atomic mass is 16.7. The van der Waals surface area contributed by atoms with Crippen molar-refractivity contribution in [1.82, 2.24) is 5.32 Å². The van der Waals surface area contributed by atoms with Crippen LogP contribution >= 0.6 is 0 Å². The highest BCUT2D eigenvalue weighted by molar-refractivity contribution is 5.95. The molecule has 0 aromatic heterocycles. The predicted molar refractivity (Wildman–Crippen MR) is 68.3 cm³/mol. The molecule has 1 aliphatic carbocycles. The van der Waals surface area contributed by atoms with Gasteiger partial charge in [0.15, 0.2) is 11.5 Å². The maximum absolute atomic E-state index is 12.1. The van der Waals surface area contributed by atoms with Crippen molar-refractivity contribution >= 4 is 5.91 Å². The second kappa shape index (κ2) is 4.74. The fourth-order valence-electron chi connectivity index (χ4n) is 2.34. The maximum Gasteiger partial charge on any atom is 0.251 e. The van der Waals surface area contributed by atoms with Gasteiger partial charge in [0.25, 0.3) is 5.91 Å². The van der Waals surface area contributed by atoms with E-state index in [0.29, 0.717) is 23.6 Å². The second-order valence-electron chi connectivity index (χ2n) is 5.22. The minimum Gasteiger partial charge on any atom is -0.454 e. The molecule has 1 heterocycles. The molecule has 102 valence electrons. The summed E-state index contributed by atoms with van der Waals surface area (Å²) in [5, 5.41) is 11.9. The molecule has 1 amide bonds. The zero-order valence-corrected chi connectivity index (χ0v) is 10.6. The Kier molecular flexibility index (Phi) is 3.06. The molecule has 2 N–H and O–H groups in total. The third-order valence-electron chi connectivity index (χ3n) is 3.86. The molecule has 19 heavy (non-hydrogen) atoms. The van der Waals surface area contributed by atoms with Gasteiger partial charge >= 0.3 is 0 Å². The Morgan fingerprint density at radius 1 is 1.32 bits per heavy atom. The summed E-state index contributed by atoms with van der Waals surface area (Å²) in [6.07, 6.45) is 2.92. The Labute approximate surface area is 111 Å². The summed E-state index contributed by atoms with van der Waals surface area (Å²) in [6, 6.07) is 5.18. The van der Waals surface area contributed by atoms with E-state index < -0.39 is 0 Å². The molecule has 1 saturated carbocycles. The standard InChI is InChI=1S/C14H17NO4/c16-6-5-14(3-4-14)8-15-13(17)10-1-2-11-12(7-10)19-9-18-11/h1-2,7,16H,3-6,8-9H2,(H,15,17). The second-order valence-corrected chi connectivity index (χ2v) is 5.22. The third kappa shape index (κ3) is 2.51. The summed E-state index contributed by atoms with van der Waals surface area (Å²) in [5.41, 5.74) is 0.699. The molecule has 0 bridgehead atoms. The van der Waals surface area contributed by atoms with Gasteiger partial charge in [-0.3, -0.25) is 4.79 Å². The van der Waals surface area contributed by atoms with Gasteiger partial charge < -0.3 is 19.9 Å². The first-order valence-electron chi connectivity index (χ1n) is 6.51. The Balaban J connectivity index is 1.61. The van der Waals surface area contributed by atoms with E-state index in [1.165, 1.54) is 0 Å². The number of ether oxygens (including phenoxy) is 2. The van der Waals surface area contributed by atoms with Gasteiger partial charge in [-0.1, -0.05) is 0 Å². The Bertz CT molecular complexity index is 496. The molecule has 0 spiro atoms. The minimum atomic E-state index is -0.109. The number of carbonyl (C=O) groups excluding carboxylic acids is 1. The lowest BCUT2D eigenvalue weighted by Crippen LogP contribution is -2.30. The normalized spacial score (nSPS) is 18.2. The summed E-state index contributed by atoms with van der Waals surface area (Å²) >= 11 is 0. The fraction of sp³-hybridized carbons (Fsp3) is 0.500. The van der Waals surface area contributed by atoms with Crippen molar-refractivity contribution < 1.29 is 19.4 Å². The molecule has 1 aliphatic heterocycles. The van der Waals surface area contributed by atoms with Gasteiger partial charge in [0.05, 0.1) is 0 Å². The Hall–Kier alpha value is -1.75. The van der Waals surface area contributed by atoms with Gasteiger partial charge in [-0.05, 0) is 42.9 Å². The van der Waals surface area contributed by atoms with Crippen LogP contribution in [0.3, 0.4) is 0 Å². The van der Waals surface area contributed by atoms with E-state index in [1.54, 1.807) is 18.2 Å². The topological polar surface area (TPSA) is 67.8 Å². The summed E-state index contributed by atoms with van der Waals surface area (Å²) in [4.78, 5) is 12.1. The van der Waals surface area contributed by atoms with Crippen molar-refractivity contribution in [2.45, 2.75) is 19.3 Å². The molecule has 5 heteroatoms. The van der Waals surface area contributed by atoms with Crippen molar-refractivity contribution in [3.05, 3.63) is 23.8 Å². The zero-order chi connectivity index (χ0) is 13.3. The van der Waals surface area contributed by atoms with Crippen molar-refractivity contribution in [2.75, 3.05) is 19.9 Å². The fourth-order valence-corrected chi connectivity index (χ4v) is 2.34. The molecule has 5 nitrogen and oxygen atoms in total. The molecule has 0 radical (unpaired) electrons. The monoisotopic (exact) mass is 263 g/mol. The van der Waals surface area contributed by atoms with Crippen LogP contribution in [0.5, 0.6) is 11.5 Å². The molecule has 1 aromatic rings. The predicted octanol–water partition coefficient (Wildman–Crippen LogP) is 1.31. The van der Waals surface area contributed by atoms with E-state index in [2.05, 4.69) is 5.32 Å². The molecule has 2 aliphatic rings. The lowest BCUT2D eigenvalue weighted by Gasteiger charge is -2.14. The van der Waals surface area contributed by atoms with Gasteiger partial charge in [-0.25, -0.2) is 0 Å². The highest BCUT2D eigenvalue weighted by Crippen LogP contribution is 2.47. The summed E-state index contributed by atoms with van der Waals surface area (Å²) in [6.45, 7) is 1.01. The van der Waals surface area contributed by atoms with Crippen LogP contribution in [0.2, 0.25) is 0 Å². The molecule has 0 saturated heterocycles. The van der Waals surface area contributed by atoms with Crippen molar-refractivity contribution in [1.29, 1.82) is 0 Å². The maximum atomic E-state index is 12.1. The van der Waals surface area contributed by atoms with Crippen LogP contribution in [0, 0.1) is 5.41 Å². The number of amides is 1. The highest BCUT2D eigenvalue weighted by Gasteiger charge is 2.41. The van der Waals surface area contributed by atoms with Gasteiger partial charge in [0.2, 0.25) is 6.79 Å². The van der Waals surface area contributed by atoms with Crippen LogP contribution in [0.1, 0.15) is 29.6 Å². The number of fused-ring (bicyclic) bond motifs is 1. The molecule has 0 unspecified atom stereocenters. The number of carbonyl (C=O) groups is 1. The van der Waals surface area contributed by atoms with Gasteiger partial charge in [-0.15, -0.1) is 0 Å². The summed E-state index contributed by atoms with van der Waals surface area (Å²) in [5.74, 6) is 1.18. The number of benzene rings is 1. The number of hydrogen-bond donors (Lipinski definition) is 2. The van der Waals surface area contributed by atoms with Crippen LogP contribution in [-0.2, 0) is 0 Å². The summed E-state index contributed by atoms with van der Waals surface area (Å²) < 4.78 is 10.5. The van der Waals surface area contributed by atoms with Gasteiger partial charge in [-0.2, -0.15) is 0 Å². The SMILES string of the molecule is O=C(NCC1(CCO)CC1)c1ccc2c(c1)OCO2. The van der Waals surface area contributed by atoms with E-state index in [-0.39, 0.29) is 24.7 Å². The summed E-state index contributed by atoms with van der Waals surface area (Å²) in [7, 11) is 0. The average Bonchev–Trinajstić information content (AvgIpc) is 3.02. The van der Waals surface area contributed by atoms with E-state index in [4.69, 9.17) is 14.6 Å². The third-order valence-corrected chi connectivity index (χ3v) is 3.86. The molecule has 1 aromatic carbocycles. The number of nitrogens with one attached hydrogen (secondary N) is 1. The molecule has 3 rings (SSSR count). The van der Waals surface area contributed by atoms with Gasteiger partial charge in [0, 0.05) is 18.7 Å². The minimum absolute atomic E-state index is 0.109. The van der Waals surface area contributed by atoms with E-state index in [1.807, 2.05) is 0 Å². The van der Waals surface area contributed by atoms with Crippen LogP contribution in [0.15, 0.2) is 18.2 Å². The van der Waals surface area contributed by atoms with Gasteiger partial charge in [0.1, 0.15) is 0 Å². The van der Waals surface area contributed by atoms with Crippen LogP contribution in [0.4, 0.5) is 0 Å². The first-order chi connectivity index (χ1) is 9.22. The average molecular weight is 263 g/mol. The van der Waals surface area contributed by atoms with Crippen molar-refractivity contribution in [3.8, 4) is 11.5 Å². The lowest BCUT2D eigenvalue weighted by atomic mass is 10.0. The van der Waals surface area contributed by atoms with E-state index in [0.717, 1.165) is 19.3 Å². The lowest BCUT2D eigenvalue weighted by molar-refractivity contribution is 0.0940. The molecule has 1 fully saturated rings. The van der Waals surface area contributed by atoms with Crippen molar-refractivity contribution in [2.24, 2.45) is 5.41 Å². The number of aliphatic hydroxyl groups is 1. The molecular formula is C14H17NO4. The number of aliphatic hydroxyl groups excluding tert-OH is 1. The van der Waals surface area contributed by atoms with Crippen LogP contribution < -0.4 is 14.8 Å². The smallest absolute Gasteiger partial charge is 0.251 e. The van der Waals surface area contributed by atoms with Crippen LogP contribution in [0.25, 0.3) is 0 Å². The van der Waals surface area contributed by atoms with Crippen LogP contribution in [-0.4, -0.2) is 31.0 Å². The quantitative estimate of drug-likeness (QED) is 0.840. The molecular weight excluding hydrogens is 246 g/mol. The van der Waals surface area contributed by atoms with E-state index in [9.17, 15) is 4.79 Å².